The number of carbonyl (C=O) groups is 1. The monoisotopic (exact) mass is 405 g/mol. The van der Waals surface area contributed by atoms with E-state index in [1.165, 1.54) is 0 Å². The minimum absolute atomic E-state index is 0.0665. The number of fused-ring (bicyclic) bond motifs is 1. The molecule has 0 saturated heterocycles. The summed E-state index contributed by atoms with van der Waals surface area (Å²) in [6, 6.07) is 11.6. The maximum atomic E-state index is 13.0. The van der Waals surface area contributed by atoms with Crippen molar-refractivity contribution in [3.63, 3.8) is 0 Å². The summed E-state index contributed by atoms with van der Waals surface area (Å²) < 4.78 is 0. The number of pyridine rings is 1. The fourth-order valence-electron chi connectivity index (χ4n) is 3.70. The molecule has 0 amide bonds. The van der Waals surface area contributed by atoms with Gasteiger partial charge in [-0.1, -0.05) is 44.3 Å². The Hall–Kier alpha value is -3.06. The minimum Gasteiger partial charge on any atom is -0.383 e. The van der Waals surface area contributed by atoms with E-state index in [1.54, 1.807) is 12.5 Å². The number of allylic oxidation sites excluding steroid dienone is 1. The van der Waals surface area contributed by atoms with Gasteiger partial charge in [-0.25, -0.2) is 9.97 Å². The minimum atomic E-state index is -0.120. The van der Waals surface area contributed by atoms with E-state index >= 15 is 0 Å². The molecule has 0 atom stereocenters. The van der Waals surface area contributed by atoms with Gasteiger partial charge in [0.15, 0.2) is 11.4 Å². The van der Waals surface area contributed by atoms with Gasteiger partial charge in [0.25, 0.3) is 0 Å². The predicted octanol–water partition coefficient (Wildman–Crippen LogP) is 4.13. The third kappa shape index (κ3) is 4.19. The van der Waals surface area contributed by atoms with E-state index in [1.807, 2.05) is 36.4 Å². The summed E-state index contributed by atoms with van der Waals surface area (Å²) >= 11 is 5.62. The third-order valence-electron chi connectivity index (χ3n) is 5.03. The average Bonchev–Trinajstić information content (AvgIpc) is 3.15. The van der Waals surface area contributed by atoms with Gasteiger partial charge < -0.3 is 15.6 Å². The van der Waals surface area contributed by atoms with Crippen molar-refractivity contribution in [2.24, 2.45) is 5.41 Å². The molecule has 0 fully saturated rings. The van der Waals surface area contributed by atoms with Crippen LogP contribution in [0.15, 0.2) is 60.2 Å². The second kappa shape index (κ2) is 7.75. The van der Waals surface area contributed by atoms with Crippen LogP contribution in [-0.2, 0) is 11.3 Å². The molecule has 148 valence electrons. The fourth-order valence-corrected chi connectivity index (χ4v) is 4.05. The van der Waals surface area contributed by atoms with E-state index in [-0.39, 0.29) is 11.2 Å². The SMILES string of the molecule is CC1(C)CC(=O)C(C(=S)Nc2ccccc2)=C(NCc2ccnc3[nH]cnc23)C1. The molecule has 0 radical (unpaired) electrons. The van der Waals surface area contributed by atoms with Gasteiger partial charge in [-0.3, -0.25) is 4.79 Å². The molecule has 7 heteroatoms. The number of hydrogen-bond acceptors (Lipinski definition) is 5. The number of carbonyl (C=O) groups excluding carboxylic acids is 1. The lowest BCUT2D eigenvalue weighted by atomic mass is 9.75. The van der Waals surface area contributed by atoms with Gasteiger partial charge in [0, 0.05) is 36.1 Å². The van der Waals surface area contributed by atoms with Crippen LogP contribution in [0.2, 0.25) is 0 Å². The summed E-state index contributed by atoms with van der Waals surface area (Å²) in [6.07, 6.45) is 4.62. The van der Waals surface area contributed by atoms with Crippen molar-refractivity contribution in [1.29, 1.82) is 0 Å². The van der Waals surface area contributed by atoms with Crippen LogP contribution in [0, 0.1) is 5.41 Å². The molecule has 0 unspecified atom stereocenters. The standard InChI is InChI=1S/C22H23N5OS/c1-22(2)10-16(24-12-14-8-9-23-20-19(14)25-13-26-20)18(17(28)11-22)21(29)27-15-6-4-3-5-7-15/h3-9,13,24H,10-12H2,1-2H3,(H,27,29)(H,23,25,26). The molecule has 1 aliphatic carbocycles. The number of benzene rings is 1. The second-order valence-electron chi connectivity index (χ2n) is 8.04. The molecule has 3 N–H and O–H groups in total. The van der Waals surface area contributed by atoms with Crippen LogP contribution in [0.25, 0.3) is 11.2 Å². The zero-order valence-electron chi connectivity index (χ0n) is 16.5. The Labute approximate surface area is 174 Å². The van der Waals surface area contributed by atoms with Crippen molar-refractivity contribution in [3.05, 3.63) is 65.8 Å². The van der Waals surface area contributed by atoms with Crippen LogP contribution in [-0.4, -0.2) is 25.7 Å². The van der Waals surface area contributed by atoms with Gasteiger partial charge in [-0.2, -0.15) is 0 Å². The van der Waals surface area contributed by atoms with Crippen molar-refractivity contribution in [1.82, 2.24) is 20.3 Å². The van der Waals surface area contributed by atoms with Crippen LogP contribution >= 0.6 is 12.2 Å². The van der Waals surface area contributed by atoms with Gasteiger partial charge in [-0.15, -0.1) is 0 Å². The molecule has 29 heavy (non-hydrogen) atoms. The Morgan fingerprint density at radius 2 is 1.97 bits per heavy atom. The highest BCUT2D eigenvalue weighted by Gasteiger charge is 2.34. The first kappa shape index (κ1) is 19.3. The van der Waals surface area contributed by atoms with Crippen molar-refractivity contribution in [2.75, 3.05) is 5.32 Å². The number of para-hydroxylation sites is 1. The van der Waals surface area contributed by atoms with Crippen molar-refractivity contribution < 1.29 is 4.79 Å². The van der Waals surface area contributed by atoms with Gasteiger partial charge in [0.05, 0.1) is 11.9 Å². The molecule has 4 rings (SSSR count). The second-order valence-corrected chi connectivity index (χ2v) is 8.45. The predicted molar refractivity (Wildman–Crippen MR) is 118 cm³/mol. The first-order valence-corrected chi connectivity index (χ1v) is 9.97. The lowest BCUT2D eigenvalue weighted by Crippen LogP contribution is -2.35. The zero-order valence-corrected chi connectivity index (χ0v) is 17.3. The summed E-state index contributed by atoms with van der Waals surface area (Å²) in [5, 5.41) is 6.68. The number of imidazole rings is 1. The normalized spacial score (nSPS) is 16.1. The number of nitrogens with one attached hydrogen (secondary N) is 3. The van der Waals surface area contributed by atoms with Crippen LogP contribution < -0.4 is 10.6 Å². The summed E-state index contributed by atoms with van der Waals surface area (Å²) in [5.41, 5.74) is 4.80. The lowest BCUT2D eigenvalue weighted by Gasteiger charge is -2.33. The number of aromatic nitrogens is 3. The van der Waals surface area contributed by atoms with E-state index in [0.717, 1.165) is 34.5 Å². The van der Waals surface area contributed by atoms with E-state index in [0.29, 0.717) is 23.5 Å². The summed E-state index contributed by atoms with van der Waals surface area (Å²) in [6.45, 7) is 4.75. The van der Waals surface area contributed by atoms with E-state index < -0.39 is 0 Å². The summed E-state index contributed by atoms with van der Waals surface area (Å²) in [4.78, 5) is 25.1. The van der Waals surface area contributed by atoms with Crippen molar-refractivity contribution in [3.8, 4) is 0 Å². The molecule has 0 aliphatic heterocycles. The fraction of sp³-hybridized carbons (Fsp3) is 0.273. The molecule has 0 bridgehead atoms. The topological polar surface area (TPSA) is 82.7 Å². The van der Waals surface area contributed by atoms with E-state index in [2.05, 4.69) is 39.4 Å². The highest BCUT2D eigenvalue weighted by Crippen LogP contribution is 2.36. The molecule has 2 aromatic heterocycles. The molecular formula is C22H23N5OS. The Balaban J connectivity index is 1.63. The zero-order chi connectivity index (χ0) is 20.4. The number of aromatic amines is 1. The number of nitrogens with zero attached hydrogens (tertiary/aromatic N) is 2. The van der Waals surface area contributed by atoms with Crippen molar-refractivity contribution in [2.45, 2.75) is 33.2 Å². The molecule has 1 aromatic carbocycles. The average molecular weight is 406 g/mol. The van der Waals surface area contributed by atoms with Crippen LogP contribution in [0.1, 0.15) is 32.3 Å². The largest absolute Gasteiger partial charge is 0.383 e. The quantitative estimate of drug-likeness (QED) is 0.554. The third-order valence-corrected chi connectivity index (χ3v) is 5.33. The summed E-state index contributed by atoms with van der Waals surface area (Å²) in [7, 11) is 0. The number of hydrogen-bond donors (Lipinski definition) is 3. The Morgan fingerprint density at radius 3 is 2.76 bits per heavy atom. The molecule has 3 aromatic rings. The van der Waals surface area contributed by atoms with Crippen LogP contribution in [0.5, 0.6) is 0 Å². The maximum Gasteiger partial charge on any atom is 0.168 e. The molecular weight excluding hydrogens is 382 g/mol. The highest BCUT2D eigenvalue weighted by molar-refractivity contribution is 7.81. The molecule has 6 nitrogen and oxygen atoms in total. The Kier molecular flexibility index (Phi) is 5.15. The van der Waals surface area contributed by atoms with E-state index in [9.17, 15) is 4.79 Å². The van der Waals surface area contributed by atoms with Gasteiger partial charge in [0.1, 0.15) is 10.5 Å². The van der Waals surface area contributed by atoms with Gasteiger partial charge in [-0.05, 0) is 30.0 Å². The molecule has 1 aliphatic rings. The molecule has 2 heterocycles. The smallest absolute Gasteiger partial charge is 0.168 e. The first-order chi connectivity index (χ1) is 13.9. The lowest BCUT2D eigenvalue weighted by molar-refractivity contribution is -0.117. The molecule has 0 spiro atoms. The van der Waals surface area contributed by atoms with Crippen LogP contribution in [0.4, 0.5) is 5.69 Å². The van der Waals surface area contributed by atoms with E-state index in [4.69, 9.17) is 12.2 Å². The Morgan fingerprint density at radius 1 is 1.17 bits per heavy atom. The molecule has 0 saturated carbocycles. The van der Waals surface area contributed by atoms with Gasteiger partial charge >= 0.3 is 0 Å². The number of anilines is 1. The first-order valence-electron chi connectivity index (χ1n) is 9.56. The maximum absolute atomic E-state index is 13.0. The number of ketones is 1. The van der Waals surface area contributed by atoms with Crippen molar-refractivity contribution >= 4 is 39.8 Å². The summed E-state index contributed by atoms with van der Waals surface area (Å²) in [5.74, 6) is 0.0665. The van der Waals surface area contributed by atoms with Gasteiger partial charge in [0.2, 0.25) is 0 Å². The van der Waals surface area contributed by atoms with Crippen LogP contribution in [0.3, 0.4) is 0 Å². The number of rotatable bonds is 5. The number of Topliss-reactive ketones (excluding diaryl/α,β-unsaturated/α-hetero) is 1. The highest BCUT2D eigenvalue weighted by atomic mass is 32.1. The number of H-pyrrole nitrogens is 1. The Bertz CT molecular complexity index is 1100. The number of thiocarbonyl (C=S) groups is 1.